The van der Waals surface area contributed by atoms with E-state index in [2.05, 4.69) is 10.3 Å². The second-order valence-corrected chi connectivity index (χ2v) is 7.37. The Kier molecular flexibility index (Phi) is 7.47. The van der Waals surface area contributed by atoms with Gasteiger partial charge in [-0.2, -0.15) is 5.26 Å². The first-order chi connectivity index (χ1) is 14.7. The molecule has 164 valence electrons. The van der Waals surface area contributed by atoms with E-state index in [0.29, 0.717) is 25.2 Å². The lowest BCUT2D eigenvalue weighted by molar-refractivity contribution is -0.143. The number of carboxylic acid groups (broad SMARTS) is 1. The number of fused-ring (bicyclic) bond motifs is 1. The van der Waals surface area contributed by atoms with Crippen molar-refractivity contribution in [3.8, 4) is 6.07 Å². The summed E-state index contributed by atoms with van der Waals surface area (Å²) in [6, 6.07) is 6.76. The quantitative estimate of drug-likeness (QED) is 0.217. The fourth-order valence-corrected chi connectivity index (χ4v) is 3.46. The highest BCUT2D eigenvalue weighted by molar-refractivity contribution is 6.23. The van der Waals surface area contributed by atoms with Crippen LogP contribution in [0.15, 0.2) is 29.3 Å². The summed E-state index contributed by atoms with van der Waals surface area (Å²) in [6.07, 6.45) is 0.340. The highest BCUT2D eigenvalue weighted by Crippen LogP contribution is 2.35. The lowest BCUT2D eigenvalue weighted by atomic mass is 9.85. The van der Waals surface area contributed by atoms with Crippen LogP contribution in [0.1, 0.15) is 60.2 Å². The predicted molar refractivity (Wildman–Crippen MR) is 111 cm³/mol. The standard InChI is InChI=1S/C21H25N5O5/c1-13(19(29)30)25-20(31)21(10-11-22,9-5-6-12-24-14(2)23)26-17(27)15-7-3-4-8-16(15)18(26)28/h3-4,7-8,13H,5-6,9-10,12H2,1-2H3,(H2,23,24)(H,25,31)(H,29,30)/t13-,21?/m0/s1. The summed E-state index contributed by atoms with van der Waals surface area (Å²) < 4.78 is 0. The minimum atomic E-state index is -1.85. The summed E-state index contributed by atoms with van der Waals surface area (Å²) in [7, 11) is 0. The summed E-state index contributed by atoms with van der Waals surface area (Å²) >= 11 is 0. The first-order valence-electron chi connectivity index (χ1n) is 9.81. The monoisotopic (exact) mass is 427 g/mol. The summed E-state index contributed by atoms with van der Waals surface area (Å²) in [4.78, 5) is 55.6. The molecule has 10 nitrogen and oxygen atoms in total. The Bertz CT molecular complexity index is 928. The van der Waals surface area contributed by atoms with Crippen LogP contribution in [0.5, 0.6) is 0 Å². The van der Waals surface area contributed by atoms with Gasteiger partial charge in [-0.15, -0.1) is 0 Å². The number of benzene rings is 1. The zero-order valence-electron chi connectivity index (χ0n) is 17.4. The Morgan fingerprint density at radius 1 is 1.26 bits per heavy atom. The van der Waals surface area contributed by atoms with Crippen LogP contribution < -0.4 is 11.1 Å². The van der Waals surface area contributed by atoms with E-state index >= 15 is 0 Å². The fraction of sp³-hybridized carbons (Fsp3) is 0.429. The van der Waals surface area contributed by atoms with E-state index < -0.39 is 41.7 Å². The summed E-state index contributed by atoms with van der Waals surface area (Å²) in [5.41, 5.74) is 3.93. The zero-order valence-corrected chi connectivity index (χ0v) is 17.4. The Balaban J connectivity index is 2.44. The highest BCUT2D eigenvalue weighted by atomic mass is 16.4. The van der Waals surface area contributed by atoms with Crippen molar-refractivity contribution in [2.24, 2.45) is 10.7 Å². The number of carbonyl (C=O) groups excluding carboxylic acids is 3. The maximum Gasteiger partial charge on any atom is 0.325 e. The van der Waals surface area contributed by atoms with Crippen LogP contribution in [0, 0.1) is 11.3 Å². The van der Waals surface area contributed by atoms with Gasteiger partial charge in [-0.1, -0.05) is 12.1 Å². The number of aliphatic imine (C=N–C) groups is 1. The number of hydrogen-bond donors (Lipinski definition) is 3. The van der Waals surface area contributed by atoms with Crippen molar-refractivity contribution in [3.05, 3.63) is 35.4 Å². The predicted octanol–water partition coefficient (Wildman–Crippen LogP) is 1.07. The molecular weight excluding hydrogens is 402 g/mol. The number of amides is 3. The molecule has 10 heteroatoms. The molecule has 0 saturated carbocycles. The molecule has 3 amide bonds. The van der Waals surface area contributed by atoms with E-state index in [9.17, 15) is 29.5 Å². The fourth-order valence-electron chi connectivity index (χ4n) is 3.46. The maximum atomic E-state index is 13.3. The molecule has 31 heavy (non-hydrogen) atoms. The molecule has 0 aliphatic carbocycles. The second kappa shape index (κ2) is 9.84. The highest BCUT2D eigenvalue weighted by Gasteiger charge is 2.53. The van der Waals surface area contributed by atoms with Gasteiger partial charge in [0.1, 0.15) is 11.6 Å². The Hall–Kier alpha value is -3.74. The summed E-state index contributed by atoms with van der Waals surface area (Å²) in [5, 5.41) is 21.0. The van der Waals surface area contributed by atoms with E-state index in [-0.39, 0.29) is 17.5 Å². The van der Waals surface area contributed by atoms with Crippen LogP contribution >= 0.6 is 0 Å². The third-order valence-corrected chi connectivity index (χ3v) is 5.09. The number of hydrogen-bond acceptors (Lipinski definition) is 6. The molecule has 2 atom stereocenters. The number of carbonyl (C=O) groups is 4. The Labute approximate surface area is 179 Å². The van der Waals surface area contributed by atoms with E-state index in [1.165, 1.54) is 19.1 Å². The number of nitrogens with one attached hydrogen (secondary N) is 1. The Morgan fingerprint density at radius 3 is 2.32 bits per heavy atom. The molecule has 0 bridgehead atoms. The minimum absolute atomic E-state index is 0.0245. The number of amidine groups is 1. The van der Waals surface area contributed by atoms with Gasteiger partial charge in [-0.25, -0.2) is 0 Å². The van der Waals surface area contributed by atoms with Crippen LogP contribution in [-0.4, -0.2) is 57.7 Å². The number of nitrogens with zero attached hydrogens (tertiary/aromatic N) is 3. The first-order valence-corrected chi connectivity index (χ1v) is 9.81. The van der Waals surface area contributed by atoms with Crippen molar-refractivity contribution in [2.75, 3.05) is 6.54 Å². The molecule has 0 aromatic heterocycles. The molecule has 4 N–H and O–H groups in total. The van der Waals surface area contributed by atoms with Crippen LogP contribution in [-0.2, 0) is 9.59 Å². The van der Waals surface area contributed by atoms with E-state index in [0.717, 1.165) is 4.90 Å². The molecule has 1 aliphatic rings. The van der Waals surface area contributed by atoms with Gasteiger partial charge in [0.2, 0.25) is 5.91 Å². The molecule has 1 heterocycles. The summed E-state index contributed by atoms with van der Waals surface area (Å²) in [6.45, 7) is 3.28. The topological polar surface area (TPSA) is 166 Å². The summed E-state index contributed by atoms with van der Waals surface area (Å²) in [5.74, 6) is -3.13. The van der Waals surface area contributed by atoms with Gasteiger partial charge in [0.15, 0.2) is 0 Å². The maximum absolute atomic E-state index is 13.3. The molecule has 1 aromatic rings. The second-order valence-electron chi connectivity index (χ2n) is 7.37. The van der Waals surface area contributed by atoms with Crippen molar-refractivity contribution in [1.82, 2.24) is 10.2 Å². The van der Waals surface area contributed by atoms with Crippen molar-refractivity contribution in [1.29, 1.82) is 5.26 Å². The molecule has 0 radical (unpaired) electrons. The Morgan fingerprint density at radius 2 is 1.84 bits per heavy atom. The van der Waals surface area contributed by atoms with Gasteiger partial charge >= 0.3 is 5.97 Å². The van der Waals surface area contributed by atoms with E-state index in [1.54, 1.807) is 19.1 Å². The SMILES string of the molecule is CC(N)=NCCCCC(CC#N)(C(=O)N[C@@H](C)C(=O)O)N1C(=O)c2ccccc2C1=O. The molecule has 2 rings (SSSR count). The van der Waals surface area contributed by atoms with Crippen molar-refractivity contribution < 1.29 is 24.3 Å². The van der Waals surface area contributed by atoms with Gasteiger partial charge < -0.3 is 16.2 Å². The largest absolute Gasteiger partial charge is 0.480 e. The third kappa shape index (κ3) is 4.88. The lowest BCUT2D eigenvalue weighted by Crippen LogP contribution is -2.62. The van der Waals surface area contributed by atoms with E-state index in [4.69, 9.17) is 5.73 Å². The van der Waals surface area contributed by atoms with Crippen LogP contribution in [0.3, 0.4) is 0 Å². The molecular formula is C21H25N5O5. The molecule has 0 spiro atoms. The molecule has 1 unspecified atom stereocenters. The average Bonchev–Trinajstić information content (AvgIpc) is 2.97. The number of carboxylic acids is 1. The average molecular weight is 427 g/mol. The minimum Gasteiger partial charge on any atom is -0.480 e. The zero-order chi connectivity index (χ0) is 23.2. The molecule has 1 aliphatic heterocycles. The lowest BCUT2D eigenvalue weighted by Gasteiger charge is -2.38. The van der Waals surface area contributed by atoms with E-state index in [1.807, 2.05) is 6.07 Å². The van der Waals surface area contributed by atoms with Crippen LogP contribution in [0.2, 0.25) is 0 Å². The van der Waals surface area contributed by atoms with Crippen LogP contribution in [0.4, 0.5) is 0 Å². The smallest absolute Gasteiger partial charge is 0.325 e. The van der Waals surface area contributed by atoms with Crippen molar-refractivity contribution in [2.45, 2.75) is 51.1 Å². The van der Waals surface area contributed by atoms with Gasteiger partial charge in [0.25, 0.3) is 11.8 Å². The van der Waals surface area contributed by atoms with Gasteiger partial charge in [-0.05, 0) is 45.2 Å². The normalized spacial score (nSPS) is 16.3. The molecule has 1 aromatic carbocycles. The molecule has 0 fully saturated rings. The van der Waals surface area contributed by atoms with Gasteiger partial charge in [-0.3, -0.25) is 29.1 Å². The number of unbranched alkanes of at least 4 members (excludes halogenated alkanes) is 1. The molecule has 0 saturated heterocycles. The number of nitriles is 1. The third-order valence-electron chi connectivity index (χ3n) is 5.09. The number of rotatable bonds is 10. The number of aliphatic carboxylic acids is 1. The first kappa shape index (κ1) is 23.5. The number of imide groups is 1. The van der Waals surface area contributed by atoms with Crippen LogP contribution in [0.25, 0.3) is 0 Å². The van der Waals surface area contributed by atoms with Crippen molar-refractivity contribution >= 4 is 29.5 Å². The van der Waals surface area contributed by atoms with Gasteiger partial charge in [0, 0.05) is 6.54 Å². The number of nitrogens with two attached hydrogens (primary N) is 1. The van der Waals surface area contributed by atoms with Gasteiger partial charge in [0.05, 0.1) is 29.5 Å². The van der Waals surface area contributed by atoms with Crippen molar-refractivity contribution in [3.63, 3.8) is 0 Å².